The molecule has 2 atom stereocenters. The van der Waals surface area contributed by atoms with Crippen molar-refractivity contribution >= 4 is 17.4 Å². The average Bonchev–Trinajstić information content (AvgIpc) is 2.63. The summed E-state index contributed by atoms with van der Waals surface area (Å²) >= 11 is 0. The molecule has 2 amide bonds. The molecule has 130 valence electrons. The van der Waals surface area contributed by atoms with E-state index in [1.807, 2.05) is 30.3 Å². The fourth-order valence-electron chi connectivity index (χ4n) is 2.88. The minimum Gasteiger partial charge on any atom is -0.373 e. The van der Waals surface area contributed by atoms with Crippen LogP contribution in [0, 0.1) is 10.1 Å². The highest BCUT2D eigenvalue weighted by Crippen LogP contribution is 2.28. The molecule has 1 aliphatic rings. The van der Waals surface area contributed by atoms with Crippen LogP contribution in [0.25, 0.3) is 0 Å². The van der Waals surface area contributed by atoms with Crippen LogP contribution in [0.5, 0.6) is 0 Å². The molecule has 1 heterocycles. The van der Waals surface area contributed by atoms with E-state index in [1.54, 1.807) is 6.07 Å². The van der Waals surface area contributed by atoms with E-state index in [2.05, 4.69) is 10.6 Å². The van der Waals surface area contributed by atoms with Crippen LogP contribution >= 0.6 is 0 Å². The van der Waals surface area contributed by atoms with Crippen molar-refractivity contribution in [2.24, 2.45) is 0 Å². The zero-order chi connectivity index (χ0) is 17.6. The van der Waals surface area contributed by atoms with E-state index < -0.39 is 4.92 Å². The predicted octanol–water partition coefficient (Wildman–Crippen LogP) is 3.64. The number of ether oxygens (including phenoxy) is 1. The number of carbonyl (C=O) groups excluding carboxylic acids is 1. The number of urea groups is 1. The molecule has 0 bridgehead atoms. The smallest absolute Gasteiger partial charge is 0.319 e. The van der Waals surface area contributed by atoms with Crippen LogP contribution < -0.4 is 10.6 Å². The van der Waals surface area contributed by atoms with Gasteiger partial charge in [0.15, 0.2) is 0 Å². The van der Waals surface area contributed by atoms with Crippen molar-refractivity contribution in [3.8, 4) is 0 Å². The van der Waals surface area contributed by atoms with E-state index in [4.69, 9.17) is 4.74 Å². The van der Waals surface area contributed by atoms with Crippen molar-refractivity contribution in [2.45, 2.75) is 25.0 Å². The predicted molar refractivity (Wildman–Crippen MR) is 93.4 cm³/mol. The first-order valence-electron chi connectivity index (χ1n) is 8.10. The zero-order valence-corrected chi connectivity index (χ0v) is 13.6. The molecule has 0 aromatic heterocycles. The molecule has 2 N–H and O–H groups in total. The molecule has 0 aliphatic carbocycles. The highest BCUT2D eigenvalue weighted by Gasteiger charge is 2.25. The van der Waals surface area contributed by atoms with E-state index in [9.17, 15) is 14.9 Å². The van der Waals surface area contributed by atoms with Crippen LogP contribution in [0.2, 0.25) is 0 Å². The van der Waals surface area contributed by atoms with E-state index in [1.165, 1.54) is 18.2 Å². The number of nitro benzene ring substituents is 1. The molecule has 0 radical (unpaired) electrons. The van der Waals surface area contributed by atoms with Gasteiger partial charge in [0, 0.05) is 30.5 Å². The number of carbonyl (C=O) groups is 1. The summed E-state index contributed by atoms with van der Waals surface area (Å²) in [4.78, 5) is 22.5. The number of benzene rings is 2. The highest BCUT2D eigenvalue weighted by molar-refractivity contribution is 5.89. The molecule has 1 aliphatic heterocycles. The van der Waals surface area contributed by atoms with Gasteiger partial charge in [0.05, 0.1) is 11.0 Å². The molecule has 3 rings (SSSR count). The van der Waals surface area contributed by atoms with Crippen LogP contribution in [0.4, 0.5) is 16.2 Å². The number of non-ortho nitro benzene ring substituents is 1. The molecular weight excluding hydrogens is 322 g/mol. The maximum atomic E-state index is 12.2. The maximum absolute atomic E-state index is 12.2. The second kappa shape index (κ2) is 7.76. The molecule has 0 unspecified atom stereocenters. The summed E-state index contributed by atoms with van der Waals surface area (Å²) in [5.74, 6) is 0. The SMILES string of the molecule is O=C(Nc1cccc([N+](=O)[O-])c1)N[C@H]1CCO[C@@H](c2ccccc2)C1. The van der Waals surface area contributed by atoms with Gasteiger partial charge in [0.2, 0.25) is 0 Å². The van der Waals surface area contributed by atoms with E-state index in [0.29, 0.717) is 18.7 Å². The molecule has 0 spiro atoms. The molecule has 1 saturated heterocycles. The lowest BCUT2D eigenvalue weighted by atomic mass is 9.97. The summed E-state index contributed by atoms with van der Waals surface area (Å²) in [6.45, 7) is 0.571. The summed E-state index contributed by atoms with van der Waals surface area (Å²) in [5, 5.41) is 16.3. The third-order valence-corrected chi connectivity index (χ3v) is 4.11. The number of nitrogens with zero attached hydrogens (tertiary/aromatic N) is 1. The first-order chi connectivity index (χ1) is 12.1. The van der Waals surface area contributed by atoms with Gasteiger partial charge in [-0.3, -0.25) is 10.1 Å². The van der Waals surface area contributed by atoms with Crippen LogP contribution in [-0.4, -0.2) is 23.6 Å². The molecule has 1 fully saturated rings. The van der Waals surface area contributed by atoms with E-state index >= 15 is 0 Å². The second-order valence-electron chi connectivity index (χ2n) is 5.90. The number of amides is 2. The first-order valence-corrected chi connectivity index (χ1v) is 8.10. The van der Waals surface area contributed by atoms with E-state index in [0.717, 1.165) is 12.0 Å². The normalized spacial score (nSPS) is 19.8. The molecule has 7 heteroatoms. The van der Waals surface area contributed by atoms with Gasteiger partial charge >= 0.3 is 6.03 Å². The third kappa shape index (κ3) is 4.54. The number of nitro groups is 1. The zero-order valence-electron chi connectivity index (χ0n) is 13.6. The molecule has 2 aromatic rings. The Morgan fingerprint density at radius 1 is 1.16 bits per heavy atom. The summed E-state index contributed by atoms with van der Waals surface area (Å²) in [5.41, 5.74) is 1.42. The van der Waals surface area contributed by atoms with Crippen LogP contribution in [0.1, 0.15) is 24.5 Å². The summed E-state index contributed by atoms with van der Waals surface area (Å²) in [6, 6.07) is 15.4. The first kappa shape index (κ1) is 16.9. The third-order valence-electron chi connectivity index (χ3n) is 4.11. The molecule has 0 saturated carbocycles. The monoisotopic (exact) mass is 341 g/mol. The average molecular weight is 341 g/mol. The number of nitrogens with one attached hydrogen (secondary N) is 2. The van der Waals surface area contributed by atoms with Gasteiger partial charge in [-0.15, -0.1) is 0 Å². The Labute approximate surface area is 145 Å². The Morgan fingerprint density at radius 3 is 2.72 bits per heavy atom. The Kier molecular flexibility index (Phi) is 5.25. The minimum absolute atomic E-state index is 0.0161. The van der Waals surface area contributed by atoms with Crippen molar-refractivity contribution in [1.82, 2.24) is 5.32 Å². The van der Waals surface area contributed by atoms with Gasteiger partial charge in [0.1, 0.15) is 0 Å². The summed E-state index contributed by atoms with van der Waals surface area (Å²) < 4.78 is 5.79. The number of rotatable bonds is 4. The van der Waals surface area contributed by atoms with Crippen molar-refractivity contribution < 1.29 is 14.5 Å². The van der Waals surface area contributed by atoms with Gasteiger partial charge in [-0.25, -0.2) is 4.79 Å². The molecule has 25 heavy (non-hydrogen) atoms. The van der Waals surface area contributed by atoms with Gasteiger partial charge in [0.25, 0.3) is 5.69 Å². The Morgan fingerprint density at radius 2 is 1.96 bits per heavy atom. The summed E-state index contributed by atoms with van der Waals surface area (Å²) in [7, 11) is 0. The number of hydrogen-bond donors (Lipinski definition) is 2. The van der Waals surface area contributed by atoms with Crippen LogP contribution in [-0.2, 0) is 4.74 Å². The van der Waals surface area contributed by atoms with Crippen LogP contribution in [0.15, 0.2) is 54.6 Å². The van der Waals surface area contributed by atoms with Crippen molar-refractivity contribution in [3.05, 3.63) is 70.3 Å². The van der Waals surface area contributed by atoms with E-state index in [-0.39, 0.29) is 23.9 Å². The number of hydrogen-bond acceptors (Lipinski definition) is 4. The van der Waals surface area contributed by atoms with Crippen molar-refractivity contribution in [3.63, 3.8) is 0 Å². The largest absolute Gasteiger partial charge is 0.373 e. The lowest BCUT2D eigenvalue weighted by Gasteiger charge is -2.30. The van der Waals surface area contributed by atoms with Gasteiger partial charge in [-0.1, -0.05) is 36.4 Å². The fourth-order valence-corrected chi connectivity index (χ4v) is 2.88. The van der Waals surface area contributed by atoms with Gasteiger partial charge in [-0.2, -0.15) is 0 Å². The number of anilines is 1. The minimum atomic E-state index is -0.494. The quantitative estimate of drug-likeness (QED) is 0.656. The Hall–Kier alpha value is -2.93. The highest BCUT2D eigenvalue weighted by atomic mass is 16.6. The van der Waals surface area contributed by atoms with Crippen molar-refractivity contribution in [2.75, 3.05) is 11.9 Å². The Balaban J connectivity index is 1.57. The molecular formula is C18H19N3O4. The standard InChI is InChI=1S/C18H19N3O4/c22-18(19-14-7-4-8-16(11-14)21(23)24)20-15-9-10-25-17(12-15)13-5-2-1-3-6-13/h1-8,11,15,17H,9-10,12H2,(H2,19,20,22)/t15-,17+/m0/s1. The van der Waals surface area contributed by atoms with Crippen LogP contribution in [0.3, 0.4) is 0 Å². The lowest BCUT2D eigenvalue weighted by Crippen LogP contribution is -2.42. The Bertz CT molecular complexity index is 751. The van der Waals surface area contributed by atoms with Crippen molar-refractivity contribution in [1.29, 1.82) is 0 Å². The molecule has 2 aromatic carbocycles. The van der Waals surface area contributed by atoms with Gasteiger partial charge < -0.3 is 15.4 Å². The van der Waals surface area contributed by atoms with Gasteiger partial charge in [-0.05, 0) is 24.5 Å². The second-order valence-corrected chi connectivity index (χ2v) is 5.90. The lowest BCUT2D eigenvalue weighted by molar-refractivity contribution is -0.384. The fraction of sp³-hybridized carbons (Fsp3) is 0.278. The topological polar surface area (TPSA) is 93.5 Å². The molecule has 7 nitrogen and oxygen atoms in total. The summed E-state index contributed by atoms with van der Waals surface area (Å²) in [6.07, 6.45) is 1.37. The maximum Gasteiger partial charge on any atom is 0.319 e.